The molecule has 1 amide bonds. The lowest BCUT2D eigenvalue weighted by atomic mass is 10.2. The Balaban J connectivity index is 1.98. The molecule has 0 bridgehead atoms. The lowest BCUT2D eigenvalue weighted by Crippen LogP contribution is -2.14. The van der Waals surface area contributed by atoms with Crippen LogP contribution in [0.2, 0.25) is 0 Å². The number of aromatic amines is 1. The van der Waals surface area contributed by atoms with Gasteiger partial charge in [0.05, 0.1) is 11.1 Å². The lowest BCUT2D eigenvalue weighted by molar-refractivity contribution is 0.102. The summed E-state index contributed by atoms with van der Waals surface area (Å²) >= 11 is 0. The summed E-state index contributed by atoms with van der Waals surface area (Å²) in [5.41, 5.74) is 1.01. The van der Waals surface area contributed by atoms with Crippen LogP contribution in [0.1, 0.15) is 16.2 Å². The average molecular weight is 270 g/mol. The van der Waals surface area contributed by atoms with Crippen molar-refractivity contribution in [1.82, 2.24) is 15.0 Å². The molecule has 20 heavy (non-hydrogen) atoms. The number of rotatable bonds is 2. The number of para-hydroxylation sites is 1. The number of oxazole rings is 1. The fraction of sp³-hybridized carbons (Fsp3) is 0.0769. The highest BCUT2D eigenvalue weighted by Crippen LogP contribution is 2.16. The molecule has 0 aliphatic carbocycles. The summed E-state index contributed by atoms with van der Waals surface area (Å²) in [6, 6.07) is 6.43. The summed E-state index contributed by atoms with van der Waals surface area (Å²) < 4.78 is 4.91. The van der Waals surface area contributed by atoms with Gasteiger partial charge in [0.2, 0.25) is 0 Å². The van der Waals surface area contributed by atoms with Crippen LogP contribution in [0, 0.1) is 6.92 Å². The predicted molar refractivity (Wildman–Crippen MR) is 71.6 cm³/mol. The van der Waals surface area contributed by atoms with Crippen LogP contribution in [-0.4, -0.2) is 20.9 Å². The number of anilines is 1. The van der Waals surface area contributed by atoms with Crippen molar-refractivity contribution in [2.75, 3.05) is 5.32 Å². The first-order valence-electron chi connectivity index (χ1n) is 5.86. The fourth-order valence-corrected chi connectivity index (χ4v) is 1.87. The third-order valence-electron chi connectivity index (χ3n) is 2.72. The van der Waals surface area contributed by atoms with E-state index in [4.69, 9.17) is 4.42 Å². The Bertz CT molecular complexity index is 850. The van der Waals surface area contributed by atoms with Crippen molar-refractivity contribution < 1.29 is 9.21 Å². The summed E-state index contributed by atoms with van der Waals surface area (Å²) in [4.78, 5) is 33.9. The van der Waals surface area contributed by atoms with Gasteiger partial charge in [0.15, 0.2) is 5.58 Å². The van der Waals surface area contributed by atoms with Crippen LogP contribution in [0.15, 0.2) is 39.7 Å². The molecule has 0 fully saturated rings. The second-order valence-corrected chi connectivity index (χ2v) is 4.14. The molecule has 0 radical (unpaired) electrons. The van der Waals surface area contributed by atoms with E-state index < -0.39 is 5.76 Å². The van der Waals surface area contributed by atoms with Crippen LogP contribution >= 0.6 is 0 Å². The first-order valence-corrected chi connectivity index (χ1v) is 5.86. The van der Waals surface area contributed by atoms with Gasteiger partial charge in [-0.15, -0.1) is 0 Å². The van der Waals surface area contributed by atoms with Gasteiger partial charge in [-0.05, 0) is 25.1 Å². The standard InChI is InChI=1S/C13H10N4O3/c1-7-14-6-5-10(15-7)16-12(18)8-3-2-4-9-11(8)17-13(19)20-9/h2-6H,1H3,(H,17,19)(H,14,15,16,18). The van der Waals surface area contributed by atoms with E-state index in [-0.39, 0.29) is 5.91 Å². The van der Waals surface area contributed by atoms with Crippen molar-refractivity contribution in [2.24, 2.45) is 0 Å². The van der Waals surface area contributed by atoms with E-state index in [1.54, 1.807) is 37.4 Å². The van der Waals surface area contributed by atoms with E-state index in [9.17, 15) is 9.59 Å². The van der Waals surface area contributed by atoms with Gasteiger partial charge in [-0.2, -0.15) is 0 Å². The minimum atomic E-state index is -0.599. The van der Waals surface area contributed by atoms with E-state index in [1.807, 2.05) is 0 Å². The van der Waals surface area contributed by atoms with Gasteiger partial charge in [-0.3, -0.25) is 9.78 Å². The van der Waals surface area contributed by atoms with Gasteiger partial charge in [-0.1, -0.05) is 6.07 Å². The number of fused-ring (bicyclic) bond motifs is 1. The number of nitrogens with one attached hydrogen (secondary N) is 2. The predicted octanol–water partition coefficient (Wildman–Crippen LogP) is 1.47. The van der Waals surface area contributed by atoms with E-state index in [1.165, 1.54) is 0 Å². The molecule has 3 rings (SSSR count). The Morgan fingerprint density at radius 3 is 3.00 bits per heavy atom. The Morgan fingerprint density at radius 2 is 2.20 bits per heavy atom. The molecule has 0 aliphatic rings. The van der Waals surface area contributed by atoms with E-state index >= 15 is 0 Å². The molecule has 2 N–H and O–H groups in total. The number of nitrogens with zero attached hydrogens (tertiary/aromatic N) is 2. The monoisotopic (exact) mass is 270 g/mol. The zero-order chi connectivity index (χ0) is 14.1. The zero-order valence-electron chi connectivity index (χ0n) is 10.5. The van der Waals surface area contributed by atoms with Crippen LogP contribution in [0.4, 0.5) is 5.82 Å². The Kier molecular flexibility index (Phi) is 2.79. The van der Waals surface area contributed by atoms with Crippen LogP contribution < -0.4 is 11.1 Å². The Morgan fingerprint density at radius 1 is 1.35 bits per heavy atom. The molecule has 0 saturated carbocycles. The van der Waals surface area contributed by atoms with Crippen molar-refractivity contribution in [1.29, 1.82) is 0 Å². The number of aromatic nitrogens is 3. The number of hydrogen-bond acceptors (Lipinski definition) is 5. The highest BCUT2D eigenvalue weighted by Gasteiger charge is 2.14. The number of carbonyl (C=O) groups excluding carboxylic acids is 1. The molecule has 100 valence electrons. The molecule has 2 heterocycles. The van der Waals surface area contributed by atoms with Crippen molar-refractivity contribution in [3.63, 3.8) is 0 Å². The van der Waals surface area contributed by atoms with Crippen LogP contribution in [0.25, 0.3) is 11.1 Å². The number of H-pyrrole nitrogens is 1. The Labute approximate surface area is 112 Å². The van der Waals surface area contributed by atoms with Crippen LogP contribution in [-0.2, 0) is 0 Å². The number of hydrogen-bond donors (Lipinski definition) is 2. The number of carbonyl (C=O) groups is 1. The van der Waals surface area contributed by atoms with Gasteiger partial charge in [-0.25, -0.2) is 14.8 Å². The van der Waals surface area contributed by atoms with Crippen molar-refractivity contribution in [2.45, 2.75) is 6.92 Å². The SMILES string of the molecule is Cc1nccc(NC(=O)c2cccc3oc(=O)[nH]c23)n1. The van der Waals surface area contributed by atoms with E-state index in [0.717, 1.165) is 0 Å². The number of benzene rings is 1. The molecule has 0 saturated heterocycles. The molecule has 0 atom stereocenters. The first-order chi connectivity index (χ1) is 9.63. The summed E-state index contributed by atoms with van der Waals surface area (Å²) in [5.74, 6) is -0.0352. The Hall–Kier alpha value is -2.96. The quantitative estimate of drug-likeness (QED) is 0.734. The highest BCUT2D eigenvalue weighted by molar-refractivity contribution is 6.10. The molecule has 0 spiro atoms. The molecule has 3 aromatic rings. The van der Waals surface area contributed by atoms with Gasteiger partial charge in [0.25, 0.3) is 5.91 Å². The highest BCUT2D eigenvalue weighted by atomic mass is 16.4. The number of amides is 1. The van der Waals surface area contributed by atoms with Gasteiger partial charge >= 0.3 is 5.76 Å². The summed E-state index contributed by atoms with van der Waals surface area (Å²) in [6.45, 7) is 1.73. The van der Waals surface area contributed by atoms with Crippen molar-refractivity contribution in [3.8, 4) is 0 Å². The maximum Gasteiger partial charge on any atom is 0.417 e. The molecule has 0 unspecified atom stereocenters. The molecule has 7 heteroatoms. The minimum Gasteiger partial charge on any atom is -0.408 e. The molecule has 2 aromatic heterocycles. The minimum absolute atomic E-state index is 0.310. The van der Waals surface area contributed by atoms with E-state index in [2.05, 4.69) is 20.3 Å². The summed E-state index contributed by atoms with van der Waals surface area (Å²) in [7, 11) is 0. The van der Waals surface area contributed by atoms with Crippen molar-refractivity contribution >= 4 is 22.8 Å². The third kappa shape index (κ3) is 2.16. The largest absolute Gasteiger partial charge is 0.417 e. The van der Waals surface area contributed by atoms with E-state index in [0.29, 0.717) is 28.3 Å². The summed E-state index contributed by atoms with van der Waals surface area (Å²) in [5, 5.41) is 2.65. The normalized spacial score (nSPS) is 10.7. The second kappa shape index (κ2) is 4.61. The second-order valence-electron chi connectivity index (χ2n) is 4.14. The number of aryl methyl sites for hydroxylation is 1. The maximum absolute atomic E-state index is 12.2. The smallest absolute Gasteiger partial charge is 0.408 e. The molecular formula is C13H10N4O3. The fourth-order valence-electron chi connectivity index (χ4n) is 1.87. The maximum atomic E-state index is 12.2. The van der Waals surface area contributed by atoms with Crippen molar-refractivity contribution in [3.05, 3.63) is 52.4 Å². The van der Waals surface area contributed by atoms with Gasteiger partial charge < -0.3 is 9.73 Å². The average Bonchev–Trinajstić information content (AvgIpc) is 2.78. The molecule has 7 nitrogen and oxygen atoms in total. The van der Waals surface area contributed by atoms with Crippen LogP contribution in [0.5, 0.6) is 0 Å². The molecule has 0 aliphatic heterocycles. The summed E-state index contributed by atoms with van der Waals surface area (Å²) in [6.07, 6.45) is 1.55. The van der Waals surface area contributed by atoms with Gasteiger partial charge in [0, 0.05) is 6.20 Å². The zero-order valence-corrected chi connectivity index (χ0v) is 10.5. The third-order valence-corrected chi connectivity index (χ3v) is 2.72. The molecule has 1 aromatic carbocycles. The molecular weight excluding hydrogens is 260 g/mol. The van der Waals surface area contributed by atoms with Gasteiger partial charge in [0.1, 0.15) is 11.6 Å². The topological polar surface area (TPSA) is 101 Å². The first kappa shape index (κ1) is 12.1. The van der Waals surface area contributed by atoms with Crippen LogP contribution in [0.3, 0.4) is 0 Å². The lowest BCUT2D eigenvalue weighted by Gasteiger charge is -2.05.